The van der Waals surface area contributed by atoms with Crippen LogP contribution < -0.4 is 5.32 Å². The van der Waals surface area contributed by atoms with E-state index in [4.69, 9.17) is 4.98 Å². The van der Waals surface area contributed by atoms with Crippen molar-refractivity contribution in [3.8, 4) is 11.4 Å². The minimum Gasteiger partial charge on any atom is -0.366 e. The first kappa shape index (κ1) is 16.0. The van der Waals surface area contributed by atoms with Gasteiger partial charge >= 0.3 is 0 Å². The standard InChI is InChI=1S/C21H22FN3/c1-14-8-2-6-12-18(14)23-21-16-10-4-7-13-19(16)24-20(25-21)15-9-3-5-11-17(15)22/h3-5,7,9-11,13-14,18H,2,6,8,12H2,1H3,(H,23,24,25)/t14-,18+/m0/s1. The zero-order chi connectivity index (χ0) is 17.2. The van der Waals surface area contributed by atoms with Gasteiger partial charge in [0.1, 0.15) is 11.6 Å². The van der Waals surface area contributed by atoms with Gasteiger partial charge in [-0.3, -0.25) is 0 Å². The molecule has 1 aromatic heterocycles. The molecule has 0 aliphatic heterocycles. The molecule has 128 valence electrons. The van der Waals surface area contributed by atoms with Gasteiger partial charge in [-0.15, -0.1) is 0 Å². The molecule has 3 nitrogen and oxygen atoms in total. The first-order valence-electron chi connectivity index (χ1n) is 9.00. The lowest BCUT2D eigenvalue weighted by Gasteiger charge is -2.30. The van der Waals surface area contributed by atoms with Gasteiger partial charge in [-0.25, -0.2) is 14.4 Å². The average Bonchev–Trinajstić information content (AvgIpc) is 2.64. The maximum Gasteiger partial charge on any atom is 0.165 e. The van der Waals surface area contributed by atoms with Gasteiger partial charge in [0, 0.05) is 11.4 Å². The third-order valence-corrected chi connectivity index (χ3v) is 5.15. The van der Waals surface area contributed by atoms with E-state index in [9.17, 15) is 4.39 Å². The second kappa shape index (κ2) is 6.79. The van der Waals surface area contributed by atoms with Crippen molar-refractivity contribution in [2.45, 2.75) is 38.6 Å². The predicted octanol–water partition coefficient (Wildman–Crippen LogP) is 5.43. The van der Waals surface area contributed by atoms with Crippen molar-refractivity contribution < 1.29 is 4.39 Å². The Kier molecular flexibility index (Phi) is 4.35. The summed E-state index contributed by atoms with van der Waals surface area (Å²) in [7, 11) is 0. The zero-order valence-electron chi connectivity index (χ0n) is 14.4. The first-order valence-corrected chi connectivity index (χ1v) is 9.00. The molecule has 1 fully saturated rings. The van der Waals surface area contributed by atoms with Crippen LogP contribution >= 0.6 is 0 Å². The molecule has 1 aliphatic rings. The van der Waals surface area contributed by atoms with Crippen molar-refractivity contribution in [3.05, 3.63) is 54.3 Å². The zero-order valence-corrected chi connectivity index (χ0v) is 14.4. The summed E-state index contributed by atoms with van der Waals surface area (Å²) in [6, 6.07) is 15.0. The summed E-state index contributed by atoms with van der Waals surface area (Å²) in [5.74, 6) is 1.56. The Morgan fingerprint density at radius 3 is 2.56 bits per heavy atom. The number of nitrogens with one attached hydrogen (secondary N) is 1. The highest BCUT2D eigenvalue weighted by Crippen LogP contribution is 2.30. The Bertz CT molecular complexity index is 893. The van der Waals surface area contributed by atoms with Crippen LogP contribution in [0.1, 0.15) is 32.6 Å². The van der Waals surface area contributed by atoms with Crippen molar-refractivity contribution in [1.29, 1.82) is 0 Å². The number of rotatable bonds is 3. The van der Waals surface area contributed by atoms with Crippen LogP contribution in [0.2, 0.25) is 0 Å². The number of anilines is 1. The van der Waals surface area contributed by atoms with Crippen LogP contribution in [0.15, 0.2) is 48.5 Å². The molecule has 2 aromatic carbocycles. The van der Waals surface area contributed by atoms with Crippen LogP contribution in [0, 0.1) is 11.7 Å². The van der Waals surface area contributed by atoms with Gasteiger partial charge in [0.05, 0.1) is 11.1 Å². The van der Waals surface area contributed by atoms with Gasteiger partial charge in [0.25, 0.3) is 0 Å². The van der Waals surface area contributed by atoms with Crippen LogP contribution in [-0.4, -0.2) is 16.0 Å². The Hall–Kier alpha value is -2.49. The lowest BCUT2D eigenvalue weighted by atomic mass is 9.86. The van der Waals surface area contributed by atoms with Crippen molar-refractivity contribution in [2.75, 3.05) is 5.32 Å². The molecule has 0 radical (unpaired) electrons. The fraction of sp³-hybridized carbons (Fsp3) is 0.333. The number of hydrogen-bond acceptors (Lipinski definition) is 3. The van der Waals surface area contributed by atoms with Crippen LogP contribution in [0.4, 0.5) is 10.2 Å². The first-order chi connectivity index (χ1) is 12.2. The van der Waals surface area contributed by atoms with E-state index in [2.05, 4.69) is 17.2 Å². The molecule has 4 rings (SSSR count). The number of hydrogen-bond donors (Lipinski definition) is 1. The average molecular weight is 335 g/mol. The molecule has 4 heteroatoms. The monoisotopic (exact) mass is 335 g/mol. The number of nitrogens with zero attached hydrogens (tertiary/aromatic N) is 2. The van der Waals surface area contributed by atoms with E-state index < -0.39 is 0 Å². The van der Waals surface area contributed by atoms with Crippen LogP contribution in [0.3, 0.4) is 0 Å². The molecule has 1 saturated carbocycles. The Labute approximate surface area is 147 Å². The Morgan fingerprint density at radius 2 is 1.72 bits per heavy atom. The van der Waals surface area contributed by atoms with Crippen molar-refractivity contribution in [3.63, 3.8) is 0 Å². The number of para-hydroxylation sites is 1. The highest BCUT2D eigenvalue weighted by Gasteiger charge is 2.22. The van der Waals surface area contributed by atoms with Gasteiger partial charge in [-0.1, -0.05) is 44.0 Å². The van der Waals surface area contributed by atoms with Crippen molar-refractivity contribution in [1.82, 2.24) is 9.97 Å². The molecule has 0 unspecified atom stereocenters. The molecule has 1 heterocycles. The van der Waals surface area contributed by atoms with E-state index in [1.54, 1.807) is 12.1 Å². The quantitative estimate of drug-likeness (QED) is 0.694. The molecule has 0 saturated heterocycles. The molecule has 0 bridgehead atoms. The SMILES string of the molecule is C[C@H]1CCCC[C@H]1Nc1nc(-c2ccccc2F)nc2ccccc12. The Balaban J connectivity index is 1.80. The summed E-state index contributed by atoms with van der Waals surface area (Å²) in [4.78, 5) is 9.29. The molecule has 0 amide bonds. The van der Waals surface area contributed by atoms with Crippen LogP contribution in [0.25, 0.3) is 22.3 Å². The number of benzene rings is 2. The summed E-state index contributed by atoms with van der Waals surface area (Å²) >= 11 is 0. The minimum atomic E-state index is -0.297. The van der Waals surface area contributed by atoms with Gasteiger partial charge in [-0.05, 0) is 43.0 Å². The smallest absolute Gasteiger partial charge is 0.165 e. The highest BCUT2D eigenvalue weighted by atomic mass is 19.1. The maximum atomic E-state index is 14.2. The molecular formula is C21H22FN3. The number of aromatic nitrogens is 2. The van der Waals surface area contributed by atoms with Gasteiger partial charge < -0.3 is 5.32 Å². The molecule has 3 aromatic rings. The third-order valence-electron chi connectivity index (χ3n) is 5.15. The molecule has 25 heavy (non-hydrogen) atoms. The van der Waals surface area contributed by atoms with E-state index in [0.29, 0.717) is 23.3 Å². The normalized spacial score (nSPS) is 20.6. The van der Waals surface area contributed by atoms with E-state index >= 15 is 0 Å². The fourth-order valence-electron chi connectivity index (χ4n) is 3.66. The fourth-order valence-corrected chi connectivity index (χ4v) is 3.66. The Morgan fingerprint density at radius 1 is 0.960 bits per heavy atom. The second-order valence-electron chi connectivity index (χ2n) is 6.91. The van der Waals surface area contributed by atoms with E-state index in [1.807, 2.05) is 30.3 Å². The summed E-state index contributed by atoms with van der Waals surface area (Å²) in [5.41, 5.74) is 1.27. The lowest BCUT2D eigenvalue weighted by molar-refractivity contribution is 0.349. The van der Waals surface area contributed by atoms with E-state index in [-0.39, 0.29) is 5.82 Å². The second-order valence-corrected chi connectivity index (χ2v) is 6.91. The summed E-state index contributed by atoms with van der Waals surface area (Å²) < 4.78 is 14.2. The number of halogens is 1. The molecular weight excluding hydrogens is 313 g/mol. The number of fused-ring (bicyclic) bond motifs is 1. The molecule has 1 aliphatic carbocycles. The van der Waals surface area contributed by atoms with Crippen LogP contribution in [-0.2, 0) is 0 Å². The predicted molar refractivity (Wildman–Crippen MR) is 100.0 cm³/mol. The van der Waals surface area contributed by atoms with Gasteiger partial charge in [0.15, 0.2) is 5.82 Å². The minimum absolute atomic E-state index is 0.297. The largest absolute Gasteiger partial charge is 0.366 e. The molecule has 1 N–H and O–H groups in total. The van der Waals surface area contributed by atoms with Crippen molar-refractivity contribution in [2.24, 2.45) is 5.92 Å². The summed E-state index contributed by atoms with van der Waals surface area (Å²) in [5, 5.41) is 4.62. The summed E-state index contributed by atoms with van der Waals surface area (Å²) in [6.07, 6.45) is 4.92. The highest BCUT2D eigenvalue weighted by molar-refractivity contribution is 5.90. The van der Waals surface area contributed by atoms with Crippen molar-refractivity contribution >= 4 is 16.7 Å². The van der Waals surface area contributed by atoms with Gasteiger partial charge in [-0.2, -0.15) is 0 Å². The van der Waals surface area contributed by atoms with E-state index in [1.165, 1.54) is 25.3 Å². The van der Waals surface area contributed by atoms with Gasteiger partial charge in [0.2, 0.25) is 0 Å². The van der Waals surface area contributed by atoms with E-state index in [0.717, 1.165) is 23.1 Å². The molecule has 0 spiro atoms. The topological polar surface area (TPSA) is 37.8 Å². The lowest BCUT2D eigenvalue weighted by Crippen LogP contribution is -2.30. The van der Waals surface area contributed by atoms with Crippen LogP contribution in [0.5, 0.6) is 0 Å². The maximum absolute atomic E-state index is 14.2. The molecule has 2 atom stereocenters. The summed E-state index contributed by atoms with van der Waals surface area (Å²) in [6.45, 7) is 2.29. The third kappa shape index (κ3) is 3.21.